The molecule has 0 spiro atoms. The Kier molecular flexibility index (Phi) is 12.4. The van der Waals surface area contributed by atoms with Crippen molar-refractivity contribution in [3.63, 3.8) is 0 Å². The summed E-state index contributed by atoms with van der Waals surface area (Å²) in [5.74, 6) is -0.687. The standard InChI is InChI=1S/C29H49N3O4/c1-11-13-15-32(27(34)24(19(3)4)31-28(35)36-29(8,9)10)25(26(33)30-22(7)14-12-2)23-17-20(5)16-21(6)18-23/h16-19,22,24-25H,11-15H2,1-10H3,(H,30,33)(H,31,35). The van der Waals surface area contributed by atoms with E-state index in [0.717, 1.165) is 42.4 Å². The maximum atomic E-state index is 14.1. The zero-order chi connectivity index (χ0) is 27.6. The predicted octanol–water partition coefficient (Wildman–Crippen LogP) is 5.83. The summed E-state index contributed by atoms with van der Waals surface area (Å²) in [6, 6.07) is 4.35. The Morgan fingerprint density at radius 3 is 2.00 bits per heavy atom. The number of aryl methyl sites for hydroxylation is 2. The predicted molar refractivity (Wildman–Crippen MR) is 146 cm³/mol. The molecule has 0 aliphatic heterocycles. The molecule has 0 saturated carbocycles. The minimum Gasteiger partial charge on any atom is -0.444 e. The molecule has 0 aliphatic carbocycles. The molecule has 7 heteroatoms. The van der Waals surface area contributed by atoms with Gasteiger partial charge in [0.2, 0.25) is 11.8 Å². The van der Waals surface area contributed by atoms with Crippen molar-refractivity contribution in [3.05, 3.63) is 34.9 Å². The lowest BCUT2D eigenvalue weighted by molar-refractivity contribution is -0.143. The van der Waals surface area contributed by atoms with Gasteiger partial charge < -0.3 is 20.3 Å². The maximum absolute atomic E-state index is 14.1. The van der Waals surface area contributed by atoms with Crippen molar-refractivity contribution in [2.75, 3.05) is 6.54 Å². The summed E-state index contributed by atoms with van der Waals surface area (Å²) in [6.45, 7) is 19.6. The highest BCUT2D eigenvalue weighted by Crippen LogP contribution is 2.27. The third-order valence-electron chi connectivity index (χ3n) is 5.87. The van der Waals surface area contributed by atoms with Gasteiger partial charge in [0.05, 0.1) is 0 Å². The fraction of sp³-hybridized carbons (Fsp3) is 0.690. The second-order valence-corrected chi connectivity index (χ2v) is 11.3. The van der Waals surface area contributed by atoms with Gasteiger partial charge >= 0.3 is 6.09 Å². The van der Waals surface area contributed by atoms with Crippen LogP contribution in [-0.2, 0) is 14.3 Å². The maximum Gasteiger partial charge on any atom is 0.408 e. The van der Waals surface area contributed by atoms with Crippen LogP contribution in [0, 0.1) is 19.8 Å². The van der Waals surface area contributed by atoms with E-state index in [2.05, 4.69) is 30.5 Å². The van der Waals surface area contributed by atoms with Gasteiger partial charge in [0.25, 0.3) is 0 Å². The van der Waals surface area contributed by atoms with Crippen molar-refractivity contribution in [1.29, 1.82) is 0 Å². The number of amides is 3. The number of nitrogens with one attached hydrogen (secondary N) is 2. The van der Waals surface area contributed by atoms with Crippen LogP contribution in [-0.4, -0.2) is 47.0 Å². The fourth-order valence-electron chi connectivity index (χ4n) is 4.29. The first kappa shape index (κ1) is 31.5. The first-order chi connectivity index (χ1) is 16.7. The molecule has 0 radical (unpaired) electrons. The lowest BCUT2D eigenvalue weighted by Gasteiger charge is -2.36. The molecule has 0 heterocycles. The second kappa shape index (κ2) is 14.2. The van der Waals surface area contributed by atoms with Gasteiger partial charge in [0, 0.05) is 12.6 Å². The number of benzene rings is 1. The fourth-order valence-corrected chi connectivity index (χ4v) is 4.29. The van der Waals surface area contributed by atoms with Gasteiger partial charge in [-0.25, -0.2) is 4.79 Å². The number of hydrogen-bond donors (Lipinski definition) is 2. The van der Waals surface area contributed by atoms with Crippen molar-refractivity contribution in [1.82, 2.24) is 15.5 Å². The minimum atomic E-state index is -0.828. The SMILES string of the molecule is CCCCN(C(=O)C(NC(=O)OC(C)(C)C)C(C)C)C(C(=O)NC(C)CCC)c1cc(C)cc(C)c1. The van der Waals surface area contributed by atoms with E-state index in [1.807, 2.05) is 46.8 Å². The lowest BCUT2D eigenvalue weighted by Crippen LogP contribution is -2.55. The van der Waals surface area contributed by atoms with Crippen LogP contribution in [0.5, 0.6) is 0 Å². The van der Waals surface area contributed by atoms with Gasteiger partial charge in [0.1, 0.15) is 17.7 Å². The van der Waals surface area contributed by atoms with Gasteiger partial charge in [-0.3, -0.25) is 9.59 Å². The highest BCUT2D eigenvalue weighted by atomic mass is 16.6. The van der Waals surface area contributed by atoms with E-state index in [9.17, 15) is 14.4 Å². The first-order valence-corrected chi connectivity index (χ1v) is 13.4. The van der Waals surface area contributed by atoms with Crippen molar-refractivity contribution in [2.45, 2.75) is 119 Å². The van der Waals surface area contributed by atoms with E-state index in [1.54, 1.807) is 25.7 Å². The Morgan fingerprint density at radius 2 is 1.53 bits per heavy atom. The van der Waals surface area contributed by atoms with Gasteiger partial charge in [-0.15, -0.1) is 0 Å². The van der Waals surface area contributed by atoms with E-state index in [1.165, 1.54) is 0 Å². The molecule has 1 aromatic carbocycles. The van der Waals surface area contributed by atoms with E-state index in [4.69, 9.17) is 4.74 Å². The number of nitrogens with zero attached hydrogens (tertiary/aromatic N) is 1. The number of hydrogen-bond acceptors (Lipinski definition) is 4. The molecule has 7 nitrogen and oxygen atoms in total. The second-order valence-electron chi connectivity index (χ2n) is 11.3. The summed E-state index contributed by atoms with van der Waals surface area (Å²) in [7, 11) is 0. The molecule has 0 aromatic heterocycles. The largest absolute Gasteiger partial charge is 0.444 e. The summed E-state index contributed by atoms with van der Waals surface area (Å²) in [6.07, 6.45) is 2.76. The summed E-state index contributed by atoms with van der Waals surface area (Å²) >= 11 is 0. The van der Waals surface area contributed by atoms with E-state index >= 15 is 0 Å². The highest BCUT2D eigenvalue weighted by Gasteiger charge is 2.37. The van der Waals surface area contributed by atoms with Crippen LogP contribution in [0.4, 0.5) is 4.79 Å². The third-order valence-corrected chi connectivity index (χ3v) is 5.87. The number of alkyl carbamates (subject to hydrolysis) is 1. The molecule has 0 bridgehead atoms. The molecule has 3 atom stereocenters. The molecule has 0 saturated heterocycles. The Bertz CT molecular complexity index is 856. The Balaban J connectivity index is 3.52. The lowest BCUT2D eigenvalue weighted by atomic mass is 9.96. The molecule has 1 aromatic rings. The molecule has 204 valence electrons. The van der Waals surface area contributed by atoms with Crippen LogP contribution in [0.2, 0.25) is 0 Å². The molecule has 0 fully saturated rings. The molecule has 3 amide bonds. The average molecular weight is 504 g/mol. The van der Waals surface area contributed by atoms with Gasteiger partial charge in [-0.1, -0.05) is 69.9 Å². The third kappa shape index (κ3) is 10.2. The zero-order valence-electron chi connectivity index (χ0n) is 24.2. The van der Waals surface area contributed by atoms with Crippen LogP contribution < -0.4 is 10.6 Å². The van der Waals surface area contributed by atoms with E-state index < -0.39 is 23.8 Å². The number of carbonyl (C=O) groups is 3. The van der Waals surface area contributed by atoms with Crippen LogP contribution in [0.3, 0.4) is 0 Å². The van der Waals surface area contributed by atoms with Crippen LogP contribution in [0.25, 0.3) is 0 Å². The average Bonchev–Trinajstić information content (AvgIpc) is 2.72. The zero-order valence-corrected chi connectivity index (χ0v) is 24.2. The number of unbranched alkanes of at least 4 members (excludes halogenated alkanes) is 1. The summed E-state index contributed by atoms with van der Waals surface area (Å²) in [5.41, 5.74) is 2.14. The van der Waals surface area contributed by atoms with Gasteiger partial charge in [-0.05, 0) is 65.9 Å². The molecular formula is C29H49N3O4. The molecule has 1 rings (SSSR count). The Morgan fingerprint density at radius 1 is 0.944 bits per heavy atom. The monoisotopic (exact) mass is 503 g/mol. The van der Waals surface area contributed by atoms with Crippen molar-refractivity contribution in [3.8, 4) is 0 Å². The Labute approximate surface area is 218 Å². The summed E-state index contributed by atoms with van der Waals surface area (Å²) < 4.78 is 5.43. The highest BCUT2D eigenvalue weighted by molar-refractivity contribution is 5.92. The van der Waals surface area contributed by atoms with Crippen molar-refractivity contribution < 1.29 is 19.1 Å². The number of carbonyl (C=O) groups excluding carboxylic acids is 3. The molecular weight excluding hydrogens is 454 g/mol. The van der Waals surface area contributed by atoms with Crippen LogP contribution in [0.15, 0.2) is 18.2 Å². The summed E-state index contributed by atoms with van der Waals surface area (Å²) in [4.78, 5) is 42.1. The Hall–Kier alpha value is -2.57. The molecule has 36 heavy (non-hydrogen) atoms. The molecule has 3 unspecified atom stereocenters. The van der Waals surface area contributed by atoms with Crippen LogP contribution in [0.1, 0.15) is 104 Å². The normalized spacial score (nSPS) is 14.1. The minimum absolute atomic E-state index is 0.0141. The van der Waals surface area contributed by atoms with Crippen molar-refractivity contribution in [2.24, 2.45) is 5.92 Å². The van der Waals surface area contributed by atoms with Gasteiger partial charge in [-0.2, -0.15) is 0 Å². The molecule has 2 N–H and O–H groups in total. The molecule has 0 aliphatic rings. The van der Waals surface area contributed by atoms with E-state index in [0.29, 0.717) is 6.54 Å². The number of rotatable bonds is 12. The smallest absolute Gasteiger partial charge is 0.408 e. The quantitative estimate of drug-likeness (QED) is 0.376. The topological polar surface area (TPSA) is 87.7 Å². The number of ether oxygens (including phenoxy) is 1. The summed E-state index contributed by atoms with van der Waals surface area (Å²) in [5, 5.41) is 5.90. The van der Waals surface area contributed by atoms with Gasteiger partial charge in [0.15, 0.2) is 0 Å². The van der Waals surface area contributed by atoms with E-state index in [-0.39, 0.29) is 23.8 Å². The van der Waals surface area contributed by atoms with Crippen LogP contribution >= 0.6 is 0 Å². The first-order valence-electron chi connectivity index (χ1n) is 13.4. The van der Waals surface area contributed by atoms with Crippen molar-refractivity contribution >= 4 is 17.9 Å².